The summed E-state index contributed by atoms with van der Waals surface area (Å²) in [6, 6.07) is 7.81. The Morgan fingerprint density at radius 3 is 2.50 bits per heavy atom. The second-order valence-corrected chi connectivity index (χ2v) is 5.90. The van der Waals surface area contributed by atoms with Crippen LogP contribution in [0.15, 0.2) is 29.3 Å². The maximum atomic E-state index is 12.4. The number of rotatable bonds is 6. The Kier molecular flexibility index (Phi) is 7.55. The number of ether oxygens (including phenoxy) is 1. The van der Waals surface area contributed by atoms with E-state index in [1.807, 2.05) is 29.2 Å². The molecule has 1 fully saturated rings. The molecule has 24 heavy (non-hydrogen) atoms. The van der Waals surface area contributed by atoms with E-state index in [1.54, 1.807) is 14.2 Å². The topological polar surface area (TPSA) is 66.0 Å². The van der Waals surface area contributed by atoms with Crippen LogP contribution in [0.1, 0.15) is 35.2 Å². The maximum absolute atomic E-state index is 12.4. The molecule has 1 aromatic rings. The first-order chi connectivity index (χ1) is 11.7. The van der Waals surface area contributed by atoms with Crippen LogP contribution in [0.5, 0.6) is 0 Å². The molecular weight excluding hydrogens is 304 g/mol. The molecule has 0 aliphatic carbocycles. The SMILES string of the molecule is CN=C(NCCOC)NCc1ccc(C(=O)N2CCCCC2)cc1. The van der Waals surface area contributed by atoms with Crippen molar-refractivity contribution in [2.45, 2.75) is 25.8 Å². The lowest BCUT2D eigenvalue weighted by Gasteiger charge is -2.26. The van der Waals surface area contributed by atoms with Gasteiger partial charge in [0.2, 0.25) is 0 Å². The number of hydrogen-bond acceptors (Lipinski definition) is 3. The van der Waals surface area contributed by atoms with Crippen LogP contribution in [0.3, 0.4) is 0 Å². The molecule has 6 heteroatoms. The molecular formula is C18H28N4O2. The van der Waals surface area contributed by atoms with Crippen molar-refractivity contribution >= 4 is 11.9 Å². The fourth-order valence-corrected chi connectivity index (χ4v) is 2.72. The van der Waals surface area contributed by atoms with E-state index in [9.17, 15) is 4.79 Å². The summed E-state index contributed by atoms with van der Waals surface area (Å²) < 4.78 is 5.00. The second kappa shape index (κ2) is 9.93. The minimum absolute atomic E-state index is 0.145. The van der Waals surface area contributed by atoms with Crippen molar-refractivity contribution in [2.75, 3.05) is 40.4 Å². The molecule has 6 nitrogen and oxygen atoms in total. The average Bonchev–Trinajstić information content (AvgIpc) is 2.65. The number of likely N-dealkylation sites (tertiary alicyclic amines) is 1. The van der Waals surface area contributed by atoms with E-state index in [-0.39, 0.29) is 5.91 Å². The zero-order valence-electron chi connectivity index (χ0n) is 14.7. The number of nitrogens with zero attached hydrogens (tertiary/aromatic N) is 2. The van der Waals surface area contributed by atoms with Gasteiger partial charge in [-0.2, -0.15) is 0 Å². The van der Waals surface area contributed by atoms with Gasteiger partial charge in [0.15, 0.2) is 5.96 Å². The van der Waals surface area contributed by atoms with Gasteiger partial charge in [0, 0.05) is 45.9 Å². The van der Waals surface area contributed by atoms with E-state index >= 15 is 0 Å². The zero-order valence-corrected chi connectivity index (χ0v) is 14.7. The van der Waals surface area contributed by atoms with E-state index in [2.05, 4.69) is 15.6 Å². The van der Waals surface area contributed by atoms with E-state index in [4.69, 9.17) is 4.74 Å². The van der Waals surface area contributed by atoms with Gasteiger partial charge in [-0.3, -0.25) is 9.79 Å². The molecule has 0 spiro atoms. The number of aliphatic imine (C=N–C) groups is 1. The highest BCUT2D eigenvalue weighted by molar-refractivity contribution is 5.94. The fraction of sp³-hybridized carbons (Fsp3) is 0.556. The molecule has 0 atom stereocenters. The first-order valence-corrected chi connectivity index (χ1v) is 8.56. The highest BCUT2D eigenvalue weighted by Crippen LogP contribution is 2.13. The van der Waals surface area contributed by atoms with E-state index in [0.717, 1.165) is 43.0 Å². The van der Waals surface area contributed by atoms with Gasteiger partial charge in [-0.05, 0) is 37.0 Å². The normalized spacial score (nSPS) is 15.2. The minimum atomic E-state index is 0.145. The van der Waals surface area contributed by atoms with Gasteiger partial charge in [0.1, 0.15) is 0 Å². The van der Waals surface area contributed by atoms with Gasteiger partial charge >= 0.3 is 0 Å². The highest BCUT2D eigenvalue weighted by Gasteiger charge is 2.17. The summed E-state index contributed by atoms with van der Waals surface area (Å²) in [5.74, 6) is 0.881. The molecule has 1 aliphatic heterocycles. The van der Waals surface area contributed by atoms with Crippen LogP contribution in [0.2, 0.25) is 0 Å². The Balaban J connectivity index is 1.84. The first kappa shape index (κ1) is 18.3. The largest absolute Gasteiger partial charge is 0.383 e. The van der Waals surface area contributed by atoms with Gasteiger partial charge in [-0.25, -0.2) is 0 Å². The Hall–Kier alpha value is -2.08. The van der Waals surface area contributed by atoms with Crippen molar-refractivity contribution in [3.63, 3.8) is 0 Å². The van der Waals surface area contributed by atoms with Gasteiger partial charge in [0.25, 0.3) is 5.91 Å². The monoisotopic (exact) mass is 332 g/mol. The molecule has 1 amide bonds. The molecule has 1 aromatic carbocycles. The summed E-state index contributed by atoms with van der Waals surface area (Å²) in [6.45, 7) is 3.76. The van der Waals surface area contributed by atoms with Crippen LogP contribution in [0, 0.1) is 0 Å². The van der Waals surface area contributed by atoms with Gasteiger partial charge in [-0.15, -0.1) is 0 Å². The summed E-state index contributed by atoms with van der Waals surface area (Å²) in [6.07, 6.45) is 3.46. The van der Waals surface area contributed by atoms with Crippen molar-refractivity contribution in [1.29, 1.82) is 0 Å². The van der Waals surface area contributed by atoms with Crippen LogP contribution >= 0.6 is 0 Å². The third-order valence-electron chi connectivity index (χ3n) is 4.13. The Bertz CT molecular complexity index is 536. The van der Waals surface area contributed by atoms with Crippen LogP contribution in [-0.4, -0.2) is 57.2 Å². The maximum Gasteiger partial charge on any atom is 0.253 e. The third kappa shape index (κ3) is 5.53. The first-order valence-electron chi connectivity index (χ1n) is 8.56. The predicted octanol–water partition coefficient (Wildman–Crippen LogP) is 1.62. The summed E-state index contributed by atoms with van der Waals surface area (Å²) >= 11 is 0. The number of amides is 1. The number of methoxy groups -OCH3 is 1. The molecule has 2 rings (SSSR count). The fourth-order valence-electron chi connectivity index (χ4n) is 2.72. The van der Waals surface area contributed by atoms with Gasteiger partial charge < -0.3 is 20.3 Å². The van der Waals surface area contributed by atoms with Crippen molar-refractivity contribution in [3.8, 4) is 0 Å². The number of nitrogens with one attached hydrogen (secondary N) is 2. The standard InChI is InChI=1S/C18H28N4O2/c1-19-18(20-10-13-24-2)21-14-15-6-8-16(9-7-15)17(23)22-11-4-3-5-12-22/h6-9H,3-5,10-14H2,1-2H3,(H2,19,20,21). The molecule has 2 N–H and O–H groups in total. The molecule has 0 unspecified atom stereocenters. The van der Waals surface area contributed by atoms with Crippen LogP contribution in [-0.2, 0) is 11.3 Å². The van der Waals surface area contributed by atoms with Crippen LogP contribution in [0.4, 0.5) is 0 Å². The van der Waals surface area contributed by atoms with Crippen molar-refractivity contribution in [1.82, 2.24) is 15.5 Å². The number of guanidine groups is 1. The quantitative estimate of drug-likeness (QED) is 0.472. The van der Waals surface area contributed by atoms with E-state index < -0.39 is 0 Å². The molecule has 1 heterocycles. The summed E-state index contributed by atoms with van der Waals surface area (Å²) in [5.41, 5.74) is 1.88. The summed E-state index contributed by atoms with van der Waals surface area (Å²) in [5, 5.41) is 6.41. The summed E-state index contributed by atoms with van der Waals surface area (Å²) in [7, 11) is 3.41. The number of carbonyl (C=O) groups excluding carboxylic acids is 1. The van der Waals surface area contributed by atoms with E-state index in [1.165, 1.54) is 6.42 Å². The lowest BCUT2D eigenvalue weighted by atomic mass is 10.1. The molecule has 0 saturated carbocycles. The Morgan fingerprint density at radius 2 is 1.88 bits per heavy atom. The third-order valence-corrected chi connectivity index (χ3v) is 4.13. The van der Waals surface area contributed by atoms with E-state index in [0.29, 0.717) is 19.7 Å². The highest BCUT2D eigenvalue weighted by atomic mass is 16.5. The lowest BCUT2D eigenvalue weighted by Crippen LogP contribution is -2.38. The number of hydrogen-bond donors (Lipinski definition) is 2. The molecule has 0 bridgehead atoms. The Labute approximate surface area is 144 Å². The summed E-state index contributed by atoms with van der Waals surface area (Å²) in [4.78, 5) is 18.6. The average molecular weight is 332 g/mol. The molecule has 1 saturated heterocycles. The molecule has 0 radical (unpaired) electrons. The number of benzene rings is 1. The Morgan fingerprint density at radius 1 is 1.17 bits per heavy atom. The van der Waals surface area contributed by atoms with Crippen LogP contribution in [0.25, 0.3) is 0 Å². The van der Waals surface area contributed by atoms with Crippen molar-refractivity contribution in [3.05, 3.63) is 35.4 Å². The minimum Gasteiger partial charge on any atom is -0.383 e. The second-order valence-electron chi connectivity index (χ2n) is 5.90. The van der Waals surface area contributed by atoms with Gasteiger partial charge in [0.05, 0.1) is 6.61 Å². The van der Waals surface area contributed by atoms with Crippen LogP contribution < -0.4 is 10.6 Å². The smallest absolute Gasteiger partial charge is 0.253 e. The lowest BCUT2D eigenvalue weighted by molar-refractivity contribution is 0.0724. The number of piperidine rings is 1. The molecule has 132 valence electrons. The predicted molar refractivity (Wildman–Crippen MR) is 96.3 cm³/mol. The zero-order chi connectivity index (χ0) is 17.2. The van der Waals surface area contributed by atoms with Crippen molar-refractivity contribution < 1.29 is 9.53 Å². The van der Waals surface area contributed by atoms with Gasteiger partial charge in [-0.1, -0.05) is 12.1 Å². The van der Waals surface area contributed by atoms with Crippen molar-refractivity contribution in [2.24, 2.45) is 4.99 Å². The molecule has 1 aliphatic rings. The molecule has 0 aromatic heterocycles. The number of carbonyl (C=O) groups is 1.